The van der Waals surface area contributed by atoms with Gasteiger partial charge in [0.1, 0.15) is 6.54 Å². The fourth-order valence-corrected chi connectivity index (χ4v) is 1.54. The van der Waals surface area contributed by atoms with Gasteiger partial charge >= 0.3 is 5.97 Å². The first-order valence-corrected chi connectivity index (χ1v) is 5.03. The van der Waals surface area contributed by atoms with E-state index in [1.807, 2.05) is 0 Å². The van der Waals surface area contributed by atoms with Crippen molar-refractivity contribution in [1.29, 1.82) is 0 Å². The van der Waals surface area contributed by atoms with Crippen LogP contribution in [0.25, 0.3) is 0 Å². The number of hydrogen-bond acceptors (Lipinski definition) is 4. The molecule has 1 aliphatic carbocycles. The number of aliphatic carboxylic acids is 1. The number of aromatic nitrogens is 2. The SMILES string of the molecule is O=C(O)CNc1ncc(C2CCC2)cn1. The van der Waals surface area contributed by atoms with E-state index in [0.717, 1.165) is 5.56 Å². The van der Waals surface area contributed by atoms with Crippen molar-refractivity contribution in [2.45, 2.75) is 25.2 Å². The average Bonchev–Trinajstić information content (AvgIpc) is 2.14. The number of hydrogen-bond donors (Lipinski definition) is 2. The van der Waals surface area contributed by atoms with Crippen molar-refractivity contribution in [3.8, 4) is 0 Å². The molecule has 15 heavy (non-hydrogen) atoms. The first-order chi connectivity index (χ1) is 7.25. The van der Waals surface area contributed by atoms with Crippen molar-refractivity contribution < 1.29 is 9.90 Å². The predicted molar refractivity (Wildman–Crippen MR) is 54.7 cm³/mol. The quantitative estimate of drug-likeness (QED) is 0.776. The van der Waals surface area contributed by atoms with Crippen LogP contribution < -0.4 is 5.32 Å². The third-order valence-corrected chi connectivity index (χ3v) is 2.65. The molecule has 2 rings (SSSR count). The van der Waals surface area contributed by atoms with Crippen LogP contribution in [0.5, 0.6) is 0 Å². The smallest absolute Gasteiger partial charge is 0.322 e. The van der Waals surface area contributed by atoms with Gasteiger partial charge in [-0.2, -0.15) is 0 Å². The molecular formula is C10H13N3O2. The summed E-state index contributed by atoms with van der Waals surface area (Å²) in [6, 6.07) is 0. The highest BCUT2D eigenvalue weighted by atomic mass is 16.4. The number of carbonyl (C=O) groups is 1. The van der Waals surface area contributed by atoms with Gasteiger partial charge in [0.25, 0.3) is 0 Å². The van der Waals surface area contributed by atoms with Crippen LogP contribution in [0, 0.1) is 0 Å². The molecule has 0 aliphatic heterocycles. The lowest BCUT2D eigenvalue weighted by Crippen LogP contribution is -2.15. The topological polar surface area (TPSA) is 75.1 Å². The zero-order chi connectivity index (χ0) is 10.7. The van der Waals surface area contributed by atoms with Crippen molar-refractivity contribution in [1.82, 2.24) is 9.97 Å². The summed E-state index contributed by atoms with van der Waals surface area (Å²) < 4.78 is 0. The van der Waals surface area contributed by atoms with Crippen LogP contribution in [0.15, 0.2) is 12.4 Å². The van der Waals surface area contributed by atoms with Crippen LogP contribution in [0.2, 0.25) is 0 Å². The van der Waals surface area contributed by atoms with Crippen molar-refractivity contribution in [2.75, 3.05) is 11.9 Å². The maximum absolute atomic E-state index is 10.3. The van der Waals surface area contributed by atoms with Gasteiger partial charge in [0.15, 0.2) is 0 Å². The molecule has 1 aliphatic rings. The summed E-state index contributed by atoms with van der Waals surface area (Å²) in [5.41, 5.74) is 1.15. The Kier molecular flexibility index (Phi) is 2.80. The molecule has 5 nitrogen and oxygen atoms in total. The highest BCUT2D eigenvalue weighted by Gasteiger charge is 2.19. The molecular weight excluding hydrogens is 194 g/mol. The van der Waals surface area contributed by atoms with E-state index in [1.165, 1.54) is 19.3 Å². The number of carboxylic acid groups (broad SMARTS) is 1. The van der Waals surface area contributed by atoms with Gasteiger partial charge in [-0.15, -0.1) is 0 Å². The number of carboxylic acids is 1. The Morgan fingerprint density at radius 3 is 2.60 bits per heavy atom. The summed E-state index contributed by atoms with van der Waals surface area (Å²) >= 11 is 0. The van der Waals surface area contributed by atoms with Crippen molar-refractivity contribution in [3.05, 3.63) is 18.0 Å². The monoisotopic (exact) mass is 207 g/mol. The van der Waals surface area contributed by atoms with Gasteiger partial charge in [-0.3, -0.25) is 4.79 Å². The molecule has 0 aromatic carbocycles. The van der Waals surface area contributed by atoms with Crippen LogP contribution in [-0.2, 0) is 4.79 Å². The molecule has 0 saturated heterocycles. The molecule has 2 N–H and O–H groups in total. The largest absolute Gasteiger partial charge is 0.480 e. The Hall–Kier alpha value is -1.65. The van der Waals surface area contributed by atoms with Gasteiger partial charge < -0.3 is 10.4 Å². The molecule has 0 amide bonds. The first-order valence-electron chi connectivity index (χ1n) is 5.03. The number of nitrogens with one attached hydrogen (secondary N) is 1. The molecule has 0 unspecified atom stereocenters. The Morgan fingerprint density at radius 1 is 1.47 bits per heavy atom. The molecule has 80 valence electrons. The highest BCUT2D eigenvalue weighted by molar-refractivity contribution is 5.71. The second kappa shape index (κ2) is 4.25. The lowest BCUT2D eigenvalue weighted by atomic mass is 9.81. The van der Waals surface area contributed by atoms with E-state index in [4.69, 9.17) is 5.11 Å². The normalized spacial score (nSPS) is 15.7. The van der Waals surface area contributed by atoms with E-state index in [2.05, 4.69) is 15.3 Å². The van der Waals surface area contributed by atoms with E-state index >= 15 is 0 Å². The summed E-state index contributed by atoms with van der Waals surface area (Å²) in [6.45, 7) is -0.150. The van der Waals surface area contributed by atoms with E-state index < -0.39 is 5.97 Å². The van der Waals surface area contributed by atoms with Crippen molar-refractivity contribution >= 4 is 11.9 Å². The van der Waals surface area contributed by atoms with Crippen molar-refractivity contribution in [2.24, 2.45) is 0 Å². The second-order valence-corrected chi connectivity index (χ2v) is 3.72. The minimum Gasteiger partial charge on any atom is -0.480 e. The fraction of sp³-hybridized carbons (Fsp3) is 0.500. The third-order valence-electron chi connectivity index (χ3n) is 2.65. The number of rotatable bonds is 4. The van der Waals surface area contributed by atoms with E-state index in [0.29, 0.717) is 11.9 Å². The van der Waals surface area contributed by atoms with Gasteiger partial charge in [0.2, 0.25) is 5.95 Å². The Morgan fingerprint density at radius 2 is 2.13 bits per heavy atom. The zero-order valence-electron chi connectivity index (χ0n) is 8.31. The Bertz CT molecular complexity index is 346. The summed E-state index contributed by atoms with van der Waals surface area (Å²) in [5.74, 6) is 0.0701. The van der Waals surface area contributed by atoms with Crippen molar-refractivity contribution in [3.63, 3.8) is 0 Å². The maximum Gasteiger partial charge on any atom is 0.322 e. The standard InChI is InChI=1S/C10H13N3O2/c14-9(15)6-13-10-11-4-8(5-12-10)7-2-1-3-7/h4-5,7H,1-3,6H2,(H,14,15)(H,11,12,13). The minimum atomic E-state index is -0.915. The number of nitrogens with zero attached hydrogens (tertiary/aromatic N) is 2. The average molecular weight is 207 g/mol. The van der Waals surface area contributed by atoms with E-state index in [1.54, 1.807) is 12.4 Å². The molecule has 1 aromatic heterocycles. The van der Waals surface area contributed by atoms with Crippen LogP contribution in [0.1, 0.15) is 30.7 Å². The molecule has 1 saturated carbocycles. The highest BCUT2D eigenvalue weighted by Crippen LogP contribution is 2.35. The van der Waals surface area contributed by atoms with Crippen LogP contribution >= 0.6 is 0 Å². The van der Waals surface area contributed by atoms with E-state index in [9.17, 15) is 4.79 Å². The number of anilines is 1. The fourth-order valence-electron chi connectivity index (χ4n) is 1.54. The lowest BCUT2D eigenvalue weighted by molar-refractivity contribution is -0.134. The third kappa shape index (κ3) is 2.43. The first kappa shape index (κ1) is 9.89. The summed E-state index contributed by atoms with van der Waals surface area (Å²) in [6.07, 6.45) is 7.27. The van der Waals surface area contributed by atoms with Gasteiger partial charge in [-0.05, 0) is 24.3 Å². The van der Waals surface area contributed by atoms with E-state index in [-0.39, 0.29) is 6.54 Å². The predicted octanol–water partition coefficient (Wildman–Crippen LogP) is 1.24. The second-order valence-electron chi connectivity index (χ2n) is 3.72. The molecule has 5 heteroatoms. The Balaban J connectivity index is 1.94. The molecule has 1 aromatic rings. The van der Waals surface area contributed by atoms with Crippen LogP contribution in [-0.4, -0.2) is 27.6 Å². The summed E-state index contributed by atoms with van der Waals surface area (Å²) in [5, 5.41) is 11.1. The zero-order valence-corrected chi connectivity index (χ0v) is 8.31. The molecule has 1 heterocycles. The Labute approximate surface area is 87.6 Å². The van der Waals surface area contributed by atoms with Crippen LogP contribution in [0.4, 0.5) is 5.95 Å². The molecule has 0 atom stereocenters. The van der Waals surface area contributed by atoms with Gasteiger partial charge in [0.05, 0.1) is 0 Å². The summed E-state index contributed by atoms with van der Waals surface area (Å²) in [7, 11) is 0. The maximum atomic E-state index is 10.3. The molecule has 1 fully saturated rings. The minimum absolute atomic E-state index is 0.150. The summed E-state index contributed by atoms with van der Waals surface area (Å²) in [4.78, 5) is 18.4. The van der Waals surface area contributed by atoms with Gasteiger partial charge in [-0.25, -0.2) is 9.97 Å². The molecule has 0 bridgehead atoms. The molecule has 0 radical (unpaired) electrons. The lowest BCUT2D eigenvalue weighted by Gasteiger charge is -2.24. The van der Waals surface area contributed by atoms with Gasteiger partial charge in [-0.1, -0.05) is 6.42 Å². The molecule has 0 spiro atoms. The van der Waals surface area contributed by atoms with Gasteiger partial charge in [0, 0.05) is 12.4 Å². The van der Waals surface area contributed by atoms with Crippen LogP contribution in [0.3, 0.4) is 0 Å².